The number of benzene rings is 2. The number of nitriles is 1. The van der Waals surface area contributed by atoms with Crippen LogP contribution in [0.2, 0.25) is 5.02 Å². The molecule has 2 heterocycles. The van der Waals surface area contributed by atoms with Gasteiger partial charge in [0.2, 0.25) is 5.95 Å². The van der Waals surface area contributed by atoms with Crippen LogP contribution in [0.15, 0.2) is 53.6 Å². The summed E-state index contributed by atoms with van der Waals surface area (Å²) in [7, 11) is 0. The topological polar surface area (TPSA) is 130 Å². The van der Waals surface area contributed by atoms with Gasteiger partial charge in [0.15, 0.2) is 5.82 Å². The van der Waals surface area contributed by atoms with Crippen molar-refractivity contribution < 1.29 is 9.66 Å². The van der Waals surface area contributed by atoms with Crippen LogP contribution < -0.4 is 10.3 Å². The van der Waals surface area contributed by atoms with E-state index in [9.17, 15) is 15.4 Å². The van der Waals surface area contributed by atoms with Crippen molar-refractivity contribution in [3.8, 4) is 17.3 Å². The molecule has 0 radical (unpaired) electrons. The van der Waals surface area contributed by atoms with E-state index >= 15 is 0 Å². The molecule has 11 heteroatoms. The number of hydrogen-bond donors (Lipinski definition) is 1. The zero-order valence-corrected chi connectivity index (χ0v) is 18.1. The number of non-ortho nitro benzene ring substituents is 1. The van der Waals surface area contributed by atoms with Gasteiger partial charge in [0, 0.05) is 41.4 Å². The Hall–Kier alpha value is -4.07. The first-order chi connectivity index (χ1) is 16.0. The Balaban J connectivity index is 1.70. The molecule has 0 saturated carbocycles. The average Bonchev–Trinajstić information content (AvgIpc) is 2.84. The van der Waals surface area contributed by atoms with Crippen LogP contribution in [-0.4, -0.2) is 47.4 Å². The van der Waals surface area contributed by atoms with Gasteiger partial charge >= 0.3 is 0 Å². The van der Waals surface area contributed by atoms with E-state index in [2.05, 4.69) is 26.6 Å². The van der Waals surface area contributed by atoms with Crippen LogP contribution in [-0.2, 0) is 4.74 Å². The molecule has 4 rings (SSSR count). The lowest BCUT2D eigenvalue weighted by atomic mass is 10.1. The van der Waals surface area contributed by atoms with Gasteiger partial charge in [-0.3, -0.25) is 10.1 Å². The summed E-state index contributed by atoms with van der Waals surface area (Å²) >= 11 is 6.02. The van der Waals surface area contributed by atoms with E-state index in [1.807, 2.05) is 4.90 Å². The lowest BCUT2D eigenvalue weighted by Gasteiger charge is -2.29. The van der Waals surface area contributed by atoms with E-state index < -0.39 is 4.92 Å². The fraction of sp³-hybridized carbons (Fsp3) is 0.182. The van der Waals surface area contributed by atoms with Crippen molar-refractivity contribution in [2.24, 2.45) is 5.10 Å². The van der Waals surface area contributed by atoms with E-state index in [1.165, 1.54) is 18.3 Å². The second-order valence-electron chi connectivity index (χ2n) is 7.03. The Morgan fingerprint density at radius 2 is 1.97 bits per heavy atom. The van der Waals surface area contributed by atoms with Crippen LogP contribution in [0.25, 0.3) is 11.3 Å². The predicted molar refractivity (Wildman–Crippen MR) is 125 cm³/mol. The number of nitro groups is 1. The Morgan fingerprint density at radius 3 is 2.67 bits per heavy atom. The van der Waals surface area contributed by atoms with Crippen molar-refractivity contribution in [3.05, 3.63) is 74.8 Å². The fourth-order valence-corrected chi connectivity index (χ4v) is 3.43. The highest BCUT2D eigenvalue weighted by Crippen LogP contribution is 2.30. The Kier molecular flexibility index (Phi) is 6.73. The molecule has 0 spiro atoms. The van der Waals surface area contributed by atoms with Crippen LogP contribution in [0.1, 0.15) is 11.1 Å². The normalized spacial score (nSPS) is 13.6. The molecule has 1 N–H and O–H groups in total. The fourth-order valence-electron chi connectivity index (χ4n) is 3.31. The van der Waals surface area contributed by atoms with E-state index in [4.69, 9.17) is 16.3 Å². The van der Waals surface area contributed by atoms with Gasteiger partial charge in [-0.15, -0.1) is 0 Å². The molecule has 1 aromatic heterocycles. The van der Waals surface area contributed by atoms with E-state index in [0.29, 0.717) is 59.5 Å². The highest BCUT2D eigenvalue weighted by molar-refractivity contribution is 6.30. The lowest BCUT2D eigenvalue weighted by Crippen LogP contribution is -2.37. The molecule has 0 unspecified atom stereocenters. The van der Waals surface area contributed by atoms with Gasteiger partial charge in [-0.1, -0.05) is 35.9 Å². The van der Waals surface area contributed by atoms with Gasteiger partial charge in [-0.2, -0.15) is 15.3 Å². The summed E-state index contributed by atoms with van der Waals surface area (Å²) in [5.41, 5.74) is 4.77. The van der Waals surface area contributed by atoms with Gasteiger partial charge in [0.1, 0.15) is 11.6 Å². The molecule has 0 bridgehead atoms. The molecule has 166 valence electrons. The van der Waals surface area contributed by atoms with E-state index in [1.54, 1.807) is 36.4 Å². The monoisotopic (exact) mass is 463 g/mol. The van der Waals surface area contributed by atoms with Crippen LogP contribution in [0.4, 0.5) is 17.5 Å². The minimum absolute atomic E-state index is 0.0341. The lowest BCUT2D eigenvalue weighted by molar-refractivity contribution is -0.384. The first-order valence-electron chi connectivity index (χ1n) is 9.99. The summed E-state index contributed by atoms with van der Waals surface area (Å²) < 4.78 is 5.42. The SMILES string of the molecule is N#Cc1c(-c2ccc(Cl)cc2)nc(N/N=C/c2cccc([N+](=O)[O-])c2)nc1N1CCOCC1. The van der Waals surface area contributed by atoms with Gasteiger partial charge in [-0.25, -0.2) is 10.4 Å². The van der Waals surface area contributed by atoms with Crippen molar-refractivity contribution in [1.29, 1.82) is 5.26 Å². The highest BCUT2D eigenvalue weighted by Gasteiger charge is 2.22. The van der Waals surface area contributed by atoms with E-state index in [0.717, 1.165) is 0 Å². The number of rotatable bonds is 6. The van der Waals surface area contributed by atoms with Gasteiger partial charge < -0.3 is 9.64 Å². The Labute approximate surface area is 194 Å². The van der Waals surface area contributed by atoms with Crippen LogP contribution in [0.3, 0.4) is 0 Å². The first kappa shape index (κ1) is 22.1. The van der Waals surface area contributed by atoms with Crippen molar-refractivity contribution in [3.63, 3.8) is 0 Å². The zero-order chi connectivity index (χ0) is 23.2. The summed E-state index contributed by atoms with van der Waals surface area (Å²) in [6.07, 6.45) is 1.44. The van der Waals surface area contributed by atoms with Crippen molar-refractivity contribution in [1.82, 2.24) is 9.97 Å². The van der Waals surface area contributed by atoms with Gasteiger partial charge in [-0.05, 0) is 12.1 Å². The molecule has 0 amide bonds. The van der Waals surface area contributed by atoms with Gasteiger partial charge in [0.05, 0.1) is 30.0 Å². The molecule has 10 nitrogen and oxygen atoms in total. The average molecular weight is 464 g/mol. The maximum absolute atomic E-state index is 11.0. The van der Waals surface area contributed by atoms with E-state index in [-0.39, 0.29) is 11.6 Å². The molecule has 1 fully saturated rings. The number of nitro benzene ring substituents is 1. The second kappa shape index (κ2) is 10.0. The largest absolute Gasteiger partial charge is 0.378 e. The number of ether oxygens (including phenoxy) is 1. The molecular formula is C22H18ClN7O3. The predicted octanol–water partition coefficient (Wildman–Crippen LogP) is 3.86. The molecule has 33 heavy (non-hydrogen) atoms. The number of aromatic nitrogens is 2. The summed E-state index contributed by atoms with van der Waals surface area (Å²) in [5.74, 6) is 0.663. The van der Waals surface area contributed by atoms with Crippen LogP contribution in [0, 0.1) is 21.4 Å². The molecule has 1 aliphatic rings. The van der Waals surface area contributed by atoms with Crippen LogP contribution >= 0.6 is 11.6 Å². The summed E-state index contributed by atoms with van der Waals surface area (Å²) in [5, 5.41) is 25.6. The number of morpholine rings is 1. The molecular weight excluding hydrogens is 446 g/mol. The van der Waals surface area contributed by atoms with Gasteiger partial charge in [0.25, 0.3) is 5.69 Å². The maximum atomic E-state index is 11.0. The zero-order valence-electron chi connectivity index (χ0n) is 17.3. The standard InChI is InChI=1S/C22H18ClN7O3/c23-17-6-4-16(5-7-17)20-19(13-24)21(29-8-10-33-11-9-29)27-22(26-20)28-25-14-15-2-1-3-18(12-15)30(31)32/h1-7,12,14H,8-11H2,(H,26,27,28)/b25-14+. The van der Waals surface area contributed by atoms with Crippen molar-refractivity contribution >= 4 is 35.3 Å². The number of halogens is 1. The molecule has 1 aliphatic heterocycles. The number of hydrazone groups is 1. The number of hydrogen-bond acceptors (Lipinski definition) is 9. The third-order valence-electron chi connectivity index (χ3n) is 4.89. The molecule has 0 atom stereocenters. The number of nitrogens with zero attached hydrogens (tertiary/aromatic N) is 6. The molecule has 2 aromatic carbocycles. The third-order valence-corrected chi connectivity index (χ3v) is 5.14. The maximum Gasteiger partial charge on any atom is 0.270 e. The molecule has 0 aliphatic carbocycles. The smallest absolute Gasteiger partial charge is 0.270 e. The molecule has 3 aromatic rings. The second-order valence-corrected chi connectivity index (χ2v) is 7.47. The number of nitrogens with one attached hydrogen (secondary N) is 1. The Bertz CT molecular complexity index is 1240. The van der Waals surface area contributed by atoms with Crippen molar-refractivity contribution in [2.45, 2.75) is 0 Å². The minimum atomic E-state index is -0.471. The molecule has 1 saturated heterocycles. The summed E-state index contributed by atoms with van der Waals surface area (Å²) in [6, 6.07) is 15.3. The quantitative estimate of drug-likeness (QED) is 0.331. The highest BCUT2D eigenvalue weighted by atomic mass is 35.5. The first-order valence-corrected chi connectivity index (χ1v) is 10.4. The summed E-state index contributed by atoms with van der Waals surface area (Å²) in [4.78, 5) is 21.5. The summed E-state index contributed by atoms with van der Waals surface area (Å²) in [6.45, 7) is 2.22. The minimum Gasteiger partial charge on any atom is -0.378 e. The third kappa shape index (κ3) is 5.23. The number of anilines is 2. The van der Waals surface area contributed by atoms with Crippen molar-refractivity contribution in [2.75, 3.05) is 36.6 Å². The van der Waals surface area contributed by atoms with Crippen LogP contribution in [0.5, 0.6) is 0 Å². The Morgan fingerprint density at radius 1 is 1.21 bits per heavy atom.